The average molecular weight is 664 g/mol. The number of fused-ring (bicyclic) bond motifs is 3. The number of ether oxygens (including phenoxy) is 1. The smallest absolute Gasteiger partial charge is 0.270 e. The number of nitrogens with one attached hydrogen (secondary N) is 2. The molecule has 2 amide bonds. The lowest BCUT2D eigenvalue weighted by atomic mass is 10.00. The van der Waals surface area contributed by atoms with Gasteiger partial charge in [-0.15, -0.1) is 0 Å². The predicted molar refractivity (Wildman–Crippen MR) is 187 cm³/mol. The molecular formula is C37H38FN7O4. The molecule has 0 unspecified atom stereocenters. The van der Waals surface area contributed by atoms with Crippen molar-refractivity contribution in [3.05, 3.63) is 94.9 Å². The van der Waals surface area contributed by atoms with Gasteiger partial charge in [0.15, 0.2) is 0 Å². The van der Waals surface area contributed by atoms with Crippen molar-refractivity contribution in [2.45, 2.75) is 53.0 Å². The van der Waals surface area contributed by atoms with E-state index in [1.807, 2.05) is 51.1 Å². The van der Waals surface area contributed by atoms with Crippen molar-refractivity contribution in [2.75, 3.05) is 24.7 Å². The Morgan fingerprint density at radius 3 is 2.59 bits per heavy atom. The number of carbonyl (C=O) groups is 2. The highest BCUT2D eigenvalue weighted by Gasteiger charge is 2.23. The molecule has 0 aliphatic rings. The number of rotatable bonds is 12. The molecule has 0 spiro atoms. The lowest BCUT2D eigenvalue weighted by Crippen LogP contribution is -2.27. The van der Waals surface area contributed by atoms with E-state index in [0.29, 0.717) is 65.2 Å². The Bertz CT molecular complexity index is 2170. The Kier molecular flexibility index (Phi) is 9.56. The van der Waals surface area contributed by atoms with Crippen molar-refractivity contribution in [2.24, 2.45) is 0 Å². The summed E-state index contributed by atoms with van der Waals surface area (Å²) < 4.78 is 26.3. The second-order valence-corrected chi connectivity index (χ2v) is 12.1. The van der Waals surface area contributed by atoms with Crippen LogP contribution in [0.15, 0.2) is 65.3 Å². The minimum Gasteiger partial charge on any atom is -0.496 e. The Balaban J connectivity index is 1.21. The van der Waals surface area contributed by atoms with Crippen molar-refractivity contribution in [1.29, 1.82) is 0 Å². The fourth-order valence-corrected chi connectivity index (χ4v) is 6.10. The van der Waals surface area contributed by atoms with Gasteiger partial charge in [-0.25, -0.2) is 4.39 Å². The quantitative estimate of drug-likeness (QED) is 0.0948. The second kappa shape index (κ2) is 14.1. The Morgan fingerprint density at radius 1 is 1.02 bits per heavy atom. The zero-order chi connectivity index (χ0) is 34.7. The van der Waals surface area contributed by atoms with Crippen LogP contribution < -0.4 is 21.1 Å². The van der Waals surface area contributed by atoms with E-state index in [9.17, 15) is 14.0 Å². The van der Waals surface area contributed by atoms with Crippen LogP contribution in [-0.4, -0.2) is 45.4 Å². The van der Waals surface area contributed by atoms with Crippen molar-refractivity contribution < 1.29 is 23.2 Å². The van der Waals surface area contributed by atoms with Crippen LogP contribution in [0.25, 0.3) is 32.9 Å². The number of nitrogens with two attached hydrogens (primary N) is 1. The molecule has 4 N–H and O–H groups in total. The Labute approximate surface area is 282 Å². The minimum absolute atomic E-state index is 0.175. The van der Waals surface area contributed by atoms with E-state index in [2.05, 4.69) is 21.9 Å². The van der Waals surface area contributed by atoms with E-state index in [4.69, 9.17) is 25.1 Å². The summed E-state index contributed by atoms with van der Waals surface area (Å²) in [6.07, 6.45) is 3.98. The van der Waals surface area contributed by atoms with Crippen molar-refractivity contribution in [3.63, 3.8) is 0 Å². The first kappa shape index (κ1) is 33.1. The molecular weight excluding hydrogens is 625 g/mol. The van der Waals surface area contributed by atoms with E-state index in [0.717, 1.165) is 39.8 Å². The molecule has 252 valence electrons. The monoisotopic (exact) mass is 663 g/mol. The highest BCUT2D eigenvalue weighted by Crippen LogP contribution is 2.39. The van der Waals surface area contributed by atoms with Crippen LogP contribution in [0, 0.1) is 26.6 Å². The van der Waals surface area contributed by atoms with Gasteiger partial charge < -0.3 is 25.6 Å². The third kappa shape index (κ3) is 7.08. The first-order valence-corrected chi connectivity index (χ1v) is 16.1. The predicted octanol–water partition coefficient (Wildman–Crippen LogP) is 6.87. The maximum atomic E-state index is 13.8. The molecule has 0 atom stereocenters. The minimum atomic E-state index is -0.461. The normalized spacial score (nSPS) is 11.3. The van der Waals surface area contributed by atoms with Crippen LogP contribution >= 0.6 is 0 Å². The number of unbranched alkanes of at least 4 members (excludes halogenated alkanes) is 2. The molecule has 49 heavy (non-hydrogen) atoms. The van der Waals surface area contributed by atoms with Crippen LogP contribution in [0.5, 0.6) is 5.75 Å². The second-order valence-electron chi connectivity index (χ2n) is 12.1. The number of nitrogen functional groups attached to an aromatic ring is 1. The van der Waals surface area contributed by atoms with E-state index in [1.54, 1.807) is 18.0 Å². The summed E-state index contributed by atoms with van der Waals surface area (Å²) in [7, 11) is 1.61. The number of nitrogens with zero attached hydrogens (tertiary/aromatic N) is 4. The lowest BCUT2D eigenvalue weighted by molar-refractivity contribution is -0.116. The molecule has 6 rings (SSSR count). The van der Waals surface area contributed by atoms with E-state index >= 15 is 0 Å². The maximum absolute atomic E-state index is 13.8. The highest BCUT2D eigenvalue weighted by molar-refractivity contribution is 6.13. The maximum Gasteiger partial charge on any atom is 0.270 e. The van der Waals surface area contributed by atoms with Crippen LogP contribution in [0.3, 0.4) is 0 Å². The molecule has 0 radical (unpaired) electrons. The molecule has 3 heterocycles. The summed E-state index contributed by atoms with van der Waals surface area (Å²) in [5.74, 6) is 0.363. The van der Waals surface area contributed by atoms with Gasteiger partial charge in [0.05, 0.1) is 47.2 Å². The van der Waals surface area contributed by atoms with Gasteiger partial charge in [0, 0.05) is 30.1 Å². The van der Waals surface area contributed by atoms with E-state index in [-0.39, 0.29) is 23.9 Å². The van der Waals surface area contributed by atoms with Gasteiger partial charge in [0.2, 0.25) is 5.91 Å². The topological polar surface area (TPSA) is 150 Å². The SMILES string of the molecule is COc1cc2c(cc1-c1c(C)noc1C)ncc1c(C(=O)NCCCCCC(=O)Nc3ccc(F)cc3N)n(Cc3cccc(C)c3)nc12. The third-order valence-electron chi connectivity index (χ3n) is 8.48. The fourth-order valence-electron chi connectivity index (χ4n) is 6.10. The van der Waals surface area contributed by atoms with Gasteiger partial charge in [0.1, 0.15) is 28.5 Å². The van der Waals surface area contributed by atoms with Crippen LogP contribution in [-0.2, 0) is 11.3 Å². The van der Waals surface area contributed by atoms with Crippen molar-refractivity contribution >= 4 is 45.0 Å². The summed E-state index contributed by atoms with van der Waals surface area (Å²) in [5.41, 5.74) is 12.6. The number of carbonyl (C=O) groups excluding carboxylic acids is 2. The fraction of sp³-hybridized carbons (Fsp3) is 0.270. The third-order valence-corrected chi connectivity index (χ3v) is 8.48. The number of halogens is 1. The van der Waals surface area contributed by atoms with E-state index < -0.39 is 5.82 Å². The molecule has 3 aromatic heterocycles. The van der Waals surface area contributed by atoms with Gasteiger partial charge in [-0.3, -0.25) is 19.3 Å². The highest BCUT2D eigenvalue weighted by atomic mass is 19.1. The summed E-state index contributed by atoms with van der Waals surface area (Å²) in [5, 5.41) is 16.2. The summed E-state index contributed by atoms with van der Waals surface area (Å²) in [6, 6.07) is 15.8. The first-order chi connectivity index (χ1) is 23.6. The summed E-state index contributed by atoms with van der Waals surface area (Å²) >= 11 is 0. The van der Waals surface area contributed by atoms with Gasteiger partial charge in [-0.05, 0) is 69.5 Å². The van der Waals surface area contributed by atoms with Crippen molar-refractivity contribution in [3.8, 4) is 16.9 Å². The molecule has 0 fully saturated rings. The van der Waals surface area contributed by atoms with Crippen LogP contribution in [0.1, 0.15) is 58.8 Å². The van der Waals surface area contributed by atoms with Gasteiger partial charge in [-0.1, -0.05) is 41.4 Å². The standard InChI is InChI=1S/C37H38FN7O4/c1-21-9-8-10-24(15-21)20-45-36(37(47)40-14-7-5-6-11-33(46)42-30-13-12-25(38)16-29(30)39)28-19-41-31-17-27(34-22(2)44-49-23(34)3)32(48-4)18-26(31)35(28)43-45/h8-10,12-13,15-19H,5-7,11,14,20,39H2,1-4H3,(H,40,47)(H,42,46). The average Bonchev–Trinajstić information content (AvgIpc) is 3.61. The molecule has 6 aromatic rings. The molecule has 11 nitrogen and oxygen atoms in total. The number of hydrogen-bond acceptors (Lipinski definition) is 8. The van der Waals surface area contributed by atoms with Gasteiger partial charge >= 0.3 is 0 Å². The van der Waals surface area contributed by atoms with Crippen LogP contribution in [0.2, 0.25) is 0 Å². The molecule has 0 aliphatic heterocycles. The number of methoxy groups -OCH3 is 1. The summed E-state index contributed by atoms with van der Waals surface area (Å²) in [4.78, 5) is 30.9. The molecule has 3 aromatic carbocycles. The molecule has 0 saturated heterocycles. The van der Waals surface area contributed by atoms with Crippen LogP contribution in [0.4, 0.5) is 15.8 Å². The number of anilines is 2. The van der Waals surface area contributed by atoms with Gasteiger partial charge in [-0.2, -0.15) is 5.10 Å². The number of amides is 2. The zero-order valence-electron chi connectivity index (χ0n) is 27.9. The molecule has 0 saturated carbocycles. The molecule has 0 aliphatic carbocycles. The largest absolute Gasteiger partial charge is 0.496 e. The molecule has 0 bridgehead atoms. The van der Waals surface area contributed by atoms with Crippen molar-refractivity contribution in [1.82, 2.24) is 25.2 Å². The lowest BCUT2D eigenvalue weighted by Gasteiger charge is -2.11. The van der Waals surface area contributed by atoms with Gasteiger partial charge in [0.25, 0.3) is 5.91 Å². The number of pyridine rings is 1. The molecule has 12 heteroatoms. The Morgan fingerprint density at radius 2 is 1.86 bits per heavy atom. The first-order valence-electron chi connectivity index (χ1n) is 16.1. The number of aryl methyl sites for hydroxylation is 3. The number of hydrogen-bond donors (Lipinski definition) is 3. The summed E-state index contributed by atoms with van der Waals surface area (Å²) in [6.45, 7) is 6.57. The number of aromatic nitrogens is 4. The Hall–Kier alpha value is -5.78. The van der Waals surface area contributed by atoms with E-state index in [1.165, 1.54) is 18.2 Å². The zero-order valence-corrected chi connectivity index (χ0v) is 27.9. The number of benzene rings is 3.